The maximum absolute atomic E-state index is 13.2. The smallest absolute Gasteiger partial charge is 0.135 e. The number of halogens is 2. The van der Waals surface area contributed by atoms with Gasteiger partial charge in [0.1, 0.15) is 11.7 Å². The molecule has 2 bridgehead atoms. The van der Waals surface area contributed by atoms with E-state index in [1.807, 2.05) is 0 Å². The van der Waals surface area contributed by atoms with Crippen LogP contribution in [-0.4, -0.2) is 0 Å². The summed E-state index contributed by atoms with van der Waals surface area (Å²) in [5, 5.41) is 0. The second-order valence-electron chi connectivity index (χ2n) is 4.09. The molecule has 3 aliphatic carbocycles. The van der Waals surface area contributed by atoms with E-state index < -0.39 is 11.7 Å². The van der Waals surface area contributed by atoms with Crippen molar-refractivity contribution in [3.8, 4) is 0 Å². The first kappa shape index (κ1) is 6.81. The molecule has 64 valence electrons. The summed E-state index contributed by atoms with van der Waals surface area (Å²) >= 11 is 0. The quantitative estimate of drug-likeness (QED) is 0.488. The highest BCUT2D eigenvalue weighted by Gasteiger charge is 2.51. The van der Waals surface area contributed by atoms with Crippen LogP contribution in [0.3, 0.4) is 0 Å². The van der Waals surface area contributed by atoms with Crippen LogP contribution >= 0.6 is 0 Å². The zero-order valence-corrected chi connectivity index (χ0v) is 6.63. The fourth-order valence-electron chi connectivity index (χ4n) is 3.06. The molecule has 1 fully saturated rings. The first-order chi connectivity index (χ1) is 5.77. The fourth-order valence-corrected chi connectivity index (χ4v) is 3.06. The maximum Gasteiger partial charge on any atom is 0.135 e. The van der Waals surface area contributed by atoms with Crippen molar-refractivity contribution in [2.75, 3.05) is 0 Å². The Morgan fingerprint density at radius 3 is 2.67 bits per heavy atom. The molecule has 0 amide bonds. The van der Waals surface area contributed by atoms with Crippen LogP contribution < -0.4 is 0 Å². The number of hydrogen-bond acceptors (Lipinski definition) is 0. The van der Waals surface area contributed by atoms with Gasteiger partial charge in [-0.25, -0.2) is 8.78 Å². The molecule has 0 aromatic heterocycles. The molecule has 0 aromatic rings. The molecule has 4 unspecified atom stereocenters. The number of fused-ring (bicyclic) bond motifs is 5. The van der Waals surface area contributed by atoms with Gasteiger partial charge in [0.2, 0.25) is 0 Å². The van der Waals surface area contributed by atoms with Gasteiger partial charge in [0.15, 0.2) is 0 Å². The Hall–Kier alpha value is -0.660. The van der Waals surface area contributed by atoms with Gasteiger partial charge in [-0.1, -0.05) is 12.2 Å². The van der Waals surface area contributed by atoms with E-state index in [1.165, 1.54) is 0 Å². The topological polar surface area (TPSA) is 0 Å². The first-order valence-corrected chi connectivity index (χ1v) is 4.49. The maximum atomic E-state index is 13.2. The average molecular weight is 168 g/mol. The molecule has 0 radical (unpaired) electrons. The van der Waals surface area contributed by atoms with Gasteiger partial charge >= 0.3 is 0 Å². The van der Waals surface area contributed by atoms with Crippen LogP contribution in [0.25, 0.3) is 0 Å². The Bertz CT molecular complexity index is 290. The highest BCUT2D eigenvalue weighted by atomic mass is 19.2. The van der Waals surface area contributed by atoms with Crippen LogP contribution in [-0.2, 0) is 0 Å². The Balaban J connectivity index is 2.03. The average Bonchev–Trinajstić information content (AvgIpc) is 2.66. The standard InChI is InChI=1S/C10H10F2/c11-8-4-7-5-1-2-6(3-5)9(7)10(8)12/h1-2,5-7,9H,3-4H2. The minimum Gasteiger partial charge on any atom is -0.209 e. The predicted octanol–water partition coefficient (Wildman–Crippen LogP) is 2.98. The number of hydrogen-bond donors (Lipinski definition) is 0. The molecular formula is C10H10F2. The molecule has 0 N–H and O–H groups in total. The van der Waals surface area contributed by atoms with E-state index in [0.29, 0.717) is 18.3 Å². The predicted molar refractivity (Wildman–Crippen MR) is 41.6 cm³/mol. The van der Waals surface area contributed by atoms with Gasteiger partial charge in [-0.15, -0.1) is 0 Å². The van der Waals surface area contributed by atoms with Crippen molar-refractivity contribution in [1.29, 1.82) is 0 Å². The third-order valence-electron chi connectivity index (χ3n) is 3.59. The summed E-state index contributed by atoms with van der Waals surface area (Å²) in [6.07, 6.45) is 5.60. The summed E-state index contributed by atoms with van der Waals surface area (Å²) in [6, 6.07) is 0. The van der Waals surface area contributed by atoms with Gasteiger partial charge in [0.05, 0.1) is 0 Å². The molecular weight excluding hydrogens is 158 g/mol. The van der Waals surface area contributed by atoms with E-state index in [2.05, 4.69) is 12.2 Å². The first-order valence-electron chi connectivity index (χ1n) is 4.49. The van der Waals surface area contributed by atoms with Crippen molar-refractivity contribution in [3.05, 3.63) is 23.8 Å². The van der Waals surface area contributed by atoms with Crippen molar-refractivity contribution < 1.29 is 8.78 Å². The lowest BCUT2D eigenvalue weighted by Gasteiger charge is -2.19. The van der Waals surface area contributed by atoms with E-state index in [9.17, 15) is 8.78 Å². The third kappa shape index (κ3) is 0.621. The lowest BCUT2D eigenvalue weighted by Crippen LogP contribution is -2.14. The summed E-state index contributed by atoms with van der Waals surface area (Å²) in [6.45, 7) is 0. The Morgan fingerprint density at radius 2 is 1.92 bits per heavy atom. The minimum atomic E-state index is -0.483. The van der Waals surface area contributed by atoms with Crippen molar-refractivity contribution >= 4 is 0 Å². The molecule has 0 heterocycles. The van der Waals surface area contributed by atoms with Gasteiger partial charge in [-0.3, -0.25) is 0 Å². The van der Waals surface area contributed by atoms with E-state index in [4.69, 9.17) is 0 Å². The molecule has 3 rings (SSSR count). The van der Waals surface area contributed by atoms with Gasteiger partial charge in [-0.2, -0.15) is 0 Å². The van der Waals surface area contributed by atoms with Gasteiger partial charge in [-0.05, 0) is 24.2 Å². The zero-order chi connectivity index (χ0) is 8.29. The number of rotatable bonds is 0. The second kappa shape index (κ2) is 1.98. The minimum absolute atomic E-state index is 0.0972. The number of allylic oxidation sites excluding steroid dienone is 4. The van der Waals surface area contributed by atoms with E-state index in [0.717, 1.165) is 6.42 Å². The summed E-state index contributed by atoms with van der Waals surface area (Å²) < 4.78 is 26.1. The molecule has 3 aliphatic rings. The van der Waals surface area contributed by atoms with Crippen LogP contribution in [0, 0.1) is 23.7 Å². The lowest BCUT2D eigenvalue weighted by atomic mass is 9.85. The van der Waals surface area contributed by atoms with Crippen LogP contribution in [0.2, 0.25) is 0 Å². The third-order valence-corrected chi connectivity index (χ3v) is 3.59. The molecule has 4 atom stereocenters. The fraction of sp³-hybridized carbons (Fsp3) is 0.600. The van der Waals surface area contributed by atoms with Crippen LogP contribution in [0.1, 0.15) is 12.8 Å². The van der Waals surface area contributed by atoms with Crippen molar-refractivity contribution in [1.82, 2.24) is 0 Å². The monoisotopic (exact) mass is 168 g/mol. The van der Waals surface area contributed by atoms with E-state index in [-0.39, 0.29) is 11.8 Å². The van der Waals surface area contributed by atoms with Crippen LogP contribution in [0.4, 0.5) is 8.78 Å². The SMILES string of the molecule is FC1=C(F)C2C3C=CC(C3)C2C1. The largest absolute Gasteiger partial charge is 0.209 e. The molecule has 12 heavy (non-hydrogen) atoms. The highest BCUT2D eigenvalue weighted by Crippen LogP contribution is 2.57. The molecule has 0 aliphatic heterocycles. The van der Waals surface area contributed by atoms with Gasteiger partial charge in [0, 0.05) is 12.3 Å². The zero-order valence-electron chi connectivity index (χ0n) is 6.63. The van der Waals surface area contributed by atoms with Gasteiger partial charge in [0.25, 0.3) is 0 Å². The van der Waals surface area contributed by atoms with E-state index in [1.54, 1.807) is 0 Å². The summed E-state index contributed by atoms with van der Waals surface area (Å²) in [7, 11) is 0. The molecule has 0 spiro atoms. The van der Waals surface area contributed by atoms with Gasteiger partial charge < -0.3 is 0 Å². The summed E-state index contributed by atoms with van der Waals surface area (Å²) in [5.74, 6) is -0.0208. The van der Waals surface area contributed by atoms with Crippen LogP contribution in [0.15, 0.2) is 23.8 Å². The molecule has 2 heteroatoms. The lowest BCUT2D eigenvalue weighted by molar-refractivity contribution is 0.341. The Labute approximate surface area is 70.0 Å². The van der Waals surface area contributed by atoms with Crippen molar-refractivity contribution in [3.63, 3.8) is 0 Å². The highest BCUT2D eigenvalue weighted by molar-refractivity contribution is 5.27. The van der Waals surface area contributed by atoms with E-state index >= 15 is 0 Å². The summed E-state index contributed by atoms with van der Waals surface area (Å²) in [4.78, 5) is 0. The van der Waals surface area contributed by atoms with Crippen molar-refractivity contribution in [2.45, 2.75) is 12.8 Å². The molecule has 0 saturated heterocycles. The molecule has 0 nitrogen and oxygen atoms in total. The molecule has 1 saturated carbocycles. The van der Waals surface area contributed by atoms with Crippen molar-refractivity contribution in [2.24, 2.45) is 23.7 Å². The normalized spacial score (nSPS) is 49.2. The second-order valence-corrected chi connectivity index (χ2v) is 4.09. The van der Waals surface area contributed by atoms with Crippen LogP contribution in [0.5, 0.6) is 0 Å². The molecule has 0 aromatic carbocycles. The Morgan fingerprint density at radius 1 is 1.17 bits per heavy atom. The Kier molecular flexibility index (Phi) is 1.12. The summed E-state index contributed by atoms with van der Waals surface area (Å²) in [5.41, 5.74) is 0.